The van der Waals surface area contributed by atoms with Crippen LogP contribution in [0.1, 0.15) is 11.1 Å². The molecule has 0 spiro atoms. The zero-order valence-electron chi connectivity index (χ0n) is 10.9. The maximum atomic E-state index is 5.33. The smallest absolute Gasteiger partial charge is 0.0594 e. The van der Waals surface area contributed by atoms with E-state index in [9.17, 15) is 0 Å². The first-order valence-corrected chi connectivity index (χ1v) is 7.31. The Morgan fingerprint density at radius 3 is 2.83 bits per heavy atom. The van der Waals surface area contributed by atoms with E-state index in [4.69, 9.17) is 4.74 Å². The zero-order valence-corrected chi connectivity index (χ0v) is 12.5. The van der Waals surface area contributed by atoms with E-state index in [1.165, 1.54) is 15.6 Å². The van der Waals surface area contributed by atoms with E-state index in [-0.39, 0.29) is 0 Å². The van der Waals surface area contributed by atoms with Gasteiger partial charge in [0.1, 0.15) is 0 Å². The summed E-state index contributed by atoms with van der Waals surface area (Å²) in [6, 6.07) is 6.51. The average Bonchev–Trinajstić information content (AvgIpc) is 2.40. The molecule has 0 atom stereocenters. The van der Waals surface area contributed by atoms with Gasteiger partial charge < -0.3 is 10.1 Å². The van der Waals surface area contributed by atoms with E-state index in [0.29, 0.717) is 0 Å². The van der Waals surface area contributed by atoms with Crippen LogP contribution in [0, 0.1) is 6.92 Å². The lowest BCUT2D eigenvalue weighted by Gasteiger charge is -2.26. The third kappa shape index (κ3) is 4.35. The van der Waals surface area contributed by atoms with Crippen LogP contribution in [0.3, 0.4) is 0 Å². The predicted molar refractivity (Wildman–Crippen MR) is 77.8 cm³/mol. The first kappa shape index (κ1) is 14.0. The minimum absolute atomic E-state index is 0.881. The normalized spacial score (nSPS) is 17.0. The van der Waals surface area contributed by atoms with Gasteiger partial charge in [0.25, 0.3) is 0 Å². The van der Waals surface area contributed by atoms with Crippen LogP contribution in [0.5, 0.6) is 0 Å². The highest BCUT2D eigenvalue weighted by Crippen LogP contribution is 2.16. The summed E-state index contributed by atoms with van der Waals surface area (Å²) in [5.74, 6) is 0. The molecule has 0 radical (unpaired) electrons. The van der Waals surface area contributed by atoms with Crippen LogP contribution < -0.4 is 5.32 Å². The van der Waals surface area contributed by atoms with Crippen molar-refractivity contribution in [1.82, 2.24) is 10.2 Å². The Labute approximate surface area is 118 Å². The second-order valence-corrected chi connectivity index (χ2v) is 5.57. The van der Waals surface area contributed by atoms with Gasteiger partial charge in [0.2, 0.25) is 0 Å². The highest BCUT2D eigenvalue weighted by Gasteiger charge is 2.08. The number of ether oxygens (including phenoxy) is 1. The molecule has 0 unspecified atom stereocenters. The summed E-state index contributed by atoms with van der Waals surface area (Å²) >= 11 is 3.52. The lowest BCUT2D eigenvalue weighted by atomic mass is 10.1. The van der Waals surface area contributed by atoms with Crippen molar-refractivity contribution in [2.24, 2.45) is 0 Å². The third-order valence-corrected chi connectivity index (χ3v) is 4.15. The number of hydrogen-bond donors (Lipinski definition) is 1. The van der Waals surface area contributed by atoms with Crippen molar-refractivity contribution in [3.05, 3.63) is 33.8 Å². The van der Waals surface area contributed by atoms with Gasteiger partial charge in [0.05, 0.1) is 13.2 Å². The Morgan fingerprint density at radius 1 is 1.33 bits per heavy atom. The van der Waals surface area contributed by atoms with Crippen LogP contribution in [0.4, 0.5) is 0 Å². The quantitative estimate of drug-likeness (QED) is 0.843. The Bertz CT molecular complexity index is 378. The maximum Gasteiger partial charge on any atom is 0.0594 e. The summed E-state index contributed by atoms with van der Waals surface area (Å²) in [5, 5.41) is 3.50. The Balaban J connectivity index is 1.66. The standard InChI is InChI=1S/C14H21BrN2O/c1-12-10-13(2-3-14(12)15)11-16-4-5-17-6-8-18-9-7-17/h2-3,10,16H,4-9,11H2,1H3. The van der Waals surface area contributed by atoms with Crippen LogP contribution in [-0.2, 0) is 11.3 Å². The topological polar surface area (TPSA) is 24.5 Å². The number of nitrogens with one attached hydrogen (secondary N) is 1. The van der Waals surface area contributed by atoms with Gasteiger partial charge in [0.15, 0.2) is 0 Å². The molecule has 1 fully saturated rings. The second-order valence-electron chi connectivity index (χ2n) is 4.71. The van der Waals surface area contributed by atoms with Crippen molar-refractivity contribution >= 4 is 15.9 Å². The molecule has 0 bridgehead atoms. The monoisotopic (exact) mass is 312 g/mol. The number of nitrogens with zero attached hydrogens (tertiary/aromatic N) is 1. The van der Waals surface area contributed by atoms with Crippen LogP contribution in [0.2, 0.25) is 0 Å². The first-order chi connectivity index (χ1) is 8.75. The summed E-state index contributed by atoms with van der Waals surface area (Å²) in [5.41, 5.74) is 2.64. The van der Waals surface area contributed by atoms with Gasteiger partial charge >= 0.3 is 0 Å². The molecule has 18 heavy (non-hydrogen) atoms. The fraction of sp³-hybridized carbons (Fsp3) is 0.571. The fourth-order valence-electron chi connectivity index (χ4n) is 2.11. The number of benzene rings is 1. The molecule has 100 valence electrons. The molecule has 0 amide bonds. The summed E-state index contributed by atoms with van der Waals surface area (Å²) in [4.78, 5) is 2.45. The van der Waals surface area contributed by atoms with E-state index in [1.807, 2.05) is 0 Å². The molecule has 1 aromatic carbocycles. The van der Waals surface area contributed by atoms with Gasteiger partial charge in [-0.1, -0.05) is 28.1 Å². The first-order valence-electron chi connectivity index (χ1n) is 6.51. The molecule has 1 aliphatic heterocycles. The van der Waals surface area contributed by atoms with Crippen LogP contribution in [0.15, 0.2) is 22.7 Å². The number of morpholine rings is 1. The van der Waals surface area contributed by atoms with Gasteiger partial charge in [-0.05, 0) is 24.1 Å². The minimum atomic E-state index is 0.881. The molecule has 4 heteroatoms. The molecule has 1 heterocycles. The Hall–Kier alpha value is -0.420. The molecule has 1 aromatic rings. The molecule has 1 saturated heterocycles. The van der Waals surface area contributed by atoms with Crippen molar-refractivity contribution in [2.75, 3.05) is 39.4 Å². The molecular weight excluding hydrogens is 292 g/mol. The Morgan fingerprint density at radius 2 is 2.11 bits per heavy atom. The van der Waals surface area contributed by atoms with Crippen molar-refractivity contribution in [3.63, 3.8) is 0 Å². The lowest BCUT2D eigenvalue weighted by molar-refractivity contribution is 0.0384. The maximum absolute atomic E-state index is 5.33. The molecule has 0 saturated carbocycles. The van der Waals surface area contributed by atoms with E-state index in [1.54, 1.807) is 0 Å². The number of hydrogen-bond acceptors (Lipinski definition) is 3. The number of halogens is 1. The van der Waals surface area contributed by atoms with Gasteiger partial charge in [0, 0.05) is 37.2 Å². The third-order valence-electron chi connectivity index (χ3n) is 3.26. The SMILES string of the molecule is Cc1cc(CNCCN2CCOCC2)ccc1Br. The predicted octanol–water partition coefficient (Wildman–Crippen LogP) is 2.18. The molecule has 1 aliphatic rings. The summed E-state index contributed by atoms with van der Waals surface area (Å²) in [6.45, 7) is 9.11. The highest BCUT2D eigenvalue weighted by atomic mass is 79.9. The van der Waals surface area contributed by atoms with Crippen molar-refractivity contribution < 1.29 is 4.74 Å². The summed E-state index contributed by atoms with van der Waals surface area (Å²) in [7, 11) is 0. The number of aryl methyl sites for hydroxylation is 1. The van der Waals surface area contributed by atoms with E-state index < -0.39 is 0 Å². The van der Waals surface area contributed by atoms with Gasteiger partial charge in [-0.3, -0.25) is 4.90 Å². The van der Waals surface area contributed by atoms with Gasteiger partial charge in [-0.2, -0.15) is 0 Å². The second kappa shape index (κ2) is 7.24. The fourth-order valence-corrected chi connectivity index (χ4v) is 2.36. The molecule has 0 aromatic heterocycles. The number of rotatable bonds is 5. The average molecular weight is 313 g/mol. The molecule has 1 N–H and O–H groups in total. The van der Waals surface area contributed by atoms with Crippen molar-refractivity contribution in [2.45, 2.75) is 13.5 Å². The van der Waals surface area contributed by atoms with Crippen LogP contribution in [-0.4, -0.2) is 44.3 Å². The van der Waals surface area contributed by atoms with E-state index in [0.717, 1.165) is 45.9 Å². The molecule has 0 aliphatic carbocycles. The van der Waals surface area contributed by atoms with E-state index >= 15 is 0 Å². The largest absolute Gasteiger partial charge is 0.379 e. The van der Waals surface area contributed by atoms with Crippen LogP contribution in [0.25, 0.3) is 0 Å². The van der Waals surface area contributed by atoms with Crippen molar-refractivity contribution in [1.29, 1.82) is 0 Å². The molecule has 2 rings (SSSR count). The highest BCUT2D eigenvalue weighted by molar-refractivity contribution is 9.10. The molecule has 3 nitrogen and oxygen atoms in total. The van der Waals surface area contributed by atoms with E-state index in [2.05, 4.69) is 51.3 Å². The van der Waals surface area contributed by atoms with Crippen LogP contribution >= 0.6 is 15.9 Å². The molecular formula is C14H21BrN2O. The minimum Gasteiger partial charge on any atom is -0.379 e. The summed E-state index contributed by atoms with van der Waals surface area (Å²) < 4.78 is 6.51. The van der Waals surface area contributed by atoms with Crippen molar-refractivity contribution in [3.8, 4) is 0 Å². The van der Waals surface area contributed by atoms with Gasteiger partial charge in [-0.25, -0.2) is 0 Å². The zero-order chi connectivity index (χ0) is 12.8. The lowest BCUT2D eigenvalue weighted by Crippen LogP contribution is -2.40. The summed E-state index contributed by atoms with van der Waals surface area (Å²) in [6.07, 6.45) is 0. The Kier molecular flexibility index (Phi) is 5.63. The van der Waals surface area contributed by atoms with Gasteiger partial charge in [-0.15, -0.1) is 0 Å².